The molecule has 2 saturated heterocycles. The number of carbonyl (C=O) groups is 2. The normalized spacial score (nSPS) is 27.2. The van der Waals surface area contributed by atoms with Crippen molar-refractivity contribution in [2.75, 3.05) is 33.8 Å². The predicted octanol–water partition coefficient (Wildman–Crippen LogP) is 0.921. The van der Waals surface area contributed by atoms with Crippen LogP contribution in [0.1, 0.15) is 43.6 Å². The van der Waals surface area contributed by atoms with Crippen molar-refractivity contribution < 1.29 is 14.3 Å². The second kappa shape index (κ2) is 7.48. The SMILES string of the molecule is Cc1cnc(CN2CC(CC(=O)N(C)C3CCN(C)C3=O)OCC23CCC3)[nH]1. The van der Waals surface area contributed by atoms with Crippen LogP contribution in [0, 0.1) is 6.92 Å². The number of H-pyrrole nitrogens is 1. The van der Waals surface area contributed by atoms with Crippen LogP contribution in [0.5, 0.6) is 0 Å². The Morgan fingerprint density at radius 2 is 2.25 bits per heavy atom. The number of carbonyl (C=O) groups excluding carboxylic acids is 2. The lowest BCUT2D eigenvalue weighted by Gasteiger charge is -2.54. The minimum Gasteiger partial charge on any atom is -0.374 e. The number of likely N-dealkylation sites (tertiary alicyclic amines) is 1. The lowest BCUT2D eigenvalue weighted by Crippen LogP contribution is -2.63. The number of hydrogen-bond acceptors (Lipinski definition) is 5. The number of aryl methyl sites for hydroxylation is 1. The third-order valence-corrected chi connectivity index (χ3v) is 6.73. The summed E-state index contributed by atoms with van der Waals surface area (Å²) in [6, 6.07) is -0.332. The van der Waals surface area contributed by atoms with E-state index in [-0.39, 0.29) is 29.5 Å². The maximum absolute atomic E-state index is 12.8. The van der Waals surface area contributed by atoms with E-state index in [0.29, 0.717) is 26.0 Å². The summed E-state index contributed by atoms with van der Waals surface area (Å²) in [6.07, 6.45) is 6.22. The lowest BCUT2D eigenvalue weighted by molar-refractivity contribution is -0.160. The topological polar surface area (TPSA) is 81.8 Å². The van der Waals surface area contributed by atoms with Crippen molar-refractivity contribution in [2.24, 2.45) is 0 Å². The van der Waals surface area contributed by atoms with Gasteiger partial charge in [-0.05, 0) is 32.6 Å². The Hall–Kier alpha value is -1.93. The molecular formula is C20H31N5O3. The maximum atomic E-state index is 12.8. The standard InChI is InChI=1S/C20H31N5O3/c1-14-10-21-17(22-14)12-25-11-15(28-13-20(25)6-4-7-20)9-18(26)24(3)16-5-8-23(2)19(16)27/h10,15-16H,4-9,11-13H2,1-3H3,(H,21,22). The average molecular weight is 390 g/mol. The molecular weight excluding hydrogens is 358 g/mol. The van der Waals surface area contributed by atoms with Gasteiger partial charge in [0.05, 0.1) is 25.7 Å². The third-order valence-electron chi connectivity index (χ3n) is 6.73. The zero-order valence-corrected chi connectivity index (χ0v) is 17.1. The predicted molar refractivity (Wildman–Crippen MR) is 103 cm³/mol. The van der Waals surface area contributed by atoms with Gasteiger partial charge < -0.3 is 19.5 Å². The summed E-state index contributed by atoms with van der Waals surface area (Å²) in [5, 5.41) is 0. The van der Waals surface area contributed by atoms with E-state index < -0.39 is 0 Å². The molecule has 1 aromatic rings. The molecule has 1 aliphatic carbocycles. The van der Waals surface area contributed by atoms with Gasteiger partial charge in [0.25, 0.3) is 0 Å². The molecule has 3 aliphatic rings. The lowest BCUT2D eigenvalue weighted by atomic mass is 9.74. The average Bonchev–Trinajstić information content (AvgIpc) is 3.19. The zero-order chi connectivity index (χ0) is 19.9. The van der Waals surface area contributed by atoms with Crippen molar-refractivity contribution in [3.05, 3.63) is 17.7 Å². The molecule has 3 fully saturated rings. The first-order chi connectivity index (χ1) is 13.4. The highest BCUT2D eigenvalue weighted by molar-refractivity contribution is 5.89. The van der Waals surface area contributed by atoms with Crippen LogP contribution in [0.3, 0.4) is 0 Å². The first-order valence-electron chi connectivity index (χ1n) is 10.3. The van der Waals surface area contributed by atoms with Gasteiger partial charge in [0.2, 0.25) is 11.8 Å². The Kier molecular flexibility index (Phi) is 5.18. The number of likely N-dealkylation sites (N-methyl/N-ethyl adjacent to an activating group) is 2. The summed E-state index contributed by atoms with van der Waals surface area (Å²) in [5.41, 5.74) is 1.15. The van der Waals surface area contributed by atoms with Crippen molar-refractivity contribution in [3.63, 3.8) is 0 Å². The number of ether oxygens (including phenoxy) is 1. The van der Waals surface area contributed by atoms with Gasteiger partial charge in [-0.25, -0.2) is 4.98 Å². The largest absolute Gasteiger partial charge is 0.374 e. The van der Waals surface area contributed by atoms with Gasteiger partial charge in [0, 0.05) is 44.6 Å². The Balaban J connectivity index is 1.38. The molecule has 0 bridgehead atoms. The van der Waals surface area contributed by atoms with E-state index in [2.05, 4.69) is 14.9 Å². The van der Waals surface area contributed by atoms with E-state index in [0.717, 1.165) is 37.4 Å². The highest BCUT2D eigenvalue weighted by atomic mass is 16.5. The Labute approximate surface area is 166 Å². The molecule has 1 N–H and O–H groups in total. The van der Waals surface area contributed by atoms with E-state index in [1.54, 1.807) is 23.9 Å². The van der Waals surface area contributed by atoms with Crippen LogP contribution < -0.4 is 0 Å². The molecule has 2 aliphatic heterocycles. The highest BCUT2D eigenvalue weighted by Gasteiger charge is 2.47. The fourth-order valence-electron chi connectivity index (χ4n) is 4.66. The number of aromatic nitrogens is 2. The molecule has 2 unspecified atom stereocenters. The molecule has 0 aromatic carbocycles. The van der Waals surface area contributed by atoms with E-state index in [1.807, 2.05) is 13.1 Å². The van der Waals surface area contributed by atoms with Crippen LogP contribution in [0.4, 0.5) is 0 Å². The molecule has 2 amide bonds. The van der Waals surface area contributed by atoms with Crippen molar-refractivity contribution in [2.45, 2.75) is 63.3 Å². The second-order valence-corrected chi connectivity index (χ2v) is 8.68. The molecule has 8 heteroatoms. The van der Waals surface area contributed by atoms with Gasteiger partial charge in [-0.2, -0.15) is 0 Å². The van der Waals surface area contributed by atoms with Crippen LogP contribution in [-0.4, -0.2) is 88.0 Å². The summed E-state index contributed by atoms with van der Waals surface area (Å²) < 4.78 is 6.13. The summed E-state index contributed by atoms with van der Waals surface area (Å²) >= 11 is 0. The van der Waals surface area contributed by atoms with Crippen molar-refractivity contribution in [1.29, 1.82) is 0 Å². The van der Waals surface area contributed by atoms with Gasteiger partial charge in [-0.1, -0.05) is 0 Å². The number of amides is 2. The van der Waals surface area contributed by atoms with Crippen molar-refractivity contribution in [3.8, 4) is 0 Å². The van der Waals surface area contributed by atoms with Crippen LogP contribution in [0.2, 0.25) is 0 Å². The number of hydrogen-bond donors (Lipinski definition) is 1. The fourth-order valence-corrected chi connectivity index (χ4v) is 4.66. The highest BCUT2D eigenvalue weighted by Crippen LogP contribution is 2.41. The van der Waals surface area contributed by atoms with Gasteiger partial charge in [0.15, 0.2) is 0 Å². The summed E-state index contributed by atoms with van der Waals surface area (Å²) in [5.74, 6) is 0.980. The molecule has 8 nitrogen and oxygen atoms in total. The van der Waals surface area contributed by atoms with Gasteiger partial charge in [0.1, 0.15) is 11.9 Å². The van der Waals surface area contributed by atoms with E-state index in [1.165, 1.54) is 6.42 Å². The molecule has 154 valence electrons. The second-order valence-electron chi connectivity index (χ2n) is 8.68. The van der Waals surface area contributed by atoms with Crippen molar-refractivity contribution in [1.82, 2.24) is 24.7 Å². The number of imidazole rings is 1. The molecule has 0 radical (unpaired) electrons. The number of morpholine rings is 1. The minimum absolute atomic E-state index is 0.0167. The third kappa shape index (κ3) is 3.55. The Morgan fingerprint density at radius 3 is 2.82 bits per heavy atom. The number of nitrogens with zero attached hydrogens (tertiary/aromatic N) is 4. The molecule has 3 heterocycles. The molecule has 1 saturated carbocycles. The summed E-state index contributed by atoms with van der Waals surface area (Å²) in [6.45, 7) is 4.86. The quantitative estimate of drug-likeness (QED) is 0.810. The number of aromatic amines is 1. The molecule has 1 spiro atoms. The van der Waals surface area contributed by atoms with E-state index in [4.69, 9.17) is 4.74 Å². The van der Waals surface area contributed by atoms with Gasteiger partial charge in [-0.3, -0.25) is 14.5 Å². The first kappa shape index (κ1) is 19.4. The summed E-state index contributed by atoms with van der Waals surface area (Å²) in [4.78, 5) is 38.6. The van der Waals surface area contributed by atoms with Crippen molar-refractivity contribution >= 4 is 11.8 Å². The first-order valence-corrected chi connectivity index (χ1v) is 10.3. The number of nitrogens with one attached hydrogen (secondary N) is 1. The Bertz CT molecular complexity index is 744. The van der Waals surface area contributed by atoms with Gasteiger partial charge >= 0.3 is 0 Å². The van der Waals surface area contributed by atoms with Crippen LogP contribution in [-0.2, 0) is 20.9 Å². The van der Waals surface area contributed by atoms with Crippen LogP contribution in [0.15, 0.2) is 6.20 Å². The molecule has 28 heavy (non-hydrogen) atoms. The van der Waals surface area contributed by atoms with E-state index >= 15 is 0 Å². The molecule has 1 aromatic heterocycles. The monoisotopic (exact) mass is 389 g/mol. The molecule has 2 atom stereocenters. The smallest absolute Gasteiger partial charge is 0.245 e. The van der Waals surface area contributed by atoms with Gasteiger partial charge in [-0.15, -0.1) is 0 Å². The summed E-state index contributed by atoms with van der Waals surface area (Å²) in [7, 11) is 3.53. The van der Waals surface area contributed by atoms with Crippen LogP contribution >= 0.6 is 0 Å². The Morgan fingerprint density at radius 1 is 1.46 bits per heavy atom. The molecule has 4 rings (SSSR count). The minimum atomic E-state index is -0.332. The van der Waals surface area contributed by atoms with E-state index in [9.17, 15) is 9.59 Å². The fraction of sp³-hybridized carbons (Fsp3) is 0.750. The maximum Gasteiger partial charge on any atom is 0.245 e. The number of rotatable bonds is 5. The zero-order valence-electron chi connectivity index (χ0n) is 17.1. The van der Waals surface area contributed by atoms with Crippen LogP contribution in [0.25, 0.3) is 0 Å².